The van der Waals surface area contributed by atoms with Crippen molar-refractivity contribution >= 4 is 5.69 Å². The summed E-state index contributed by atoms with van der Waals surface area (Å²) in [7, 11) is 1.60. The lowest BCUT2D eigenvalue weighted by molar-refractivity contribution is -0.385. The standard InChI is InChI=1S/C13H19FN2O3/c1-9(2)12(8-19-3)15-7-10-6-11(14)4-5-13(10)16(17)18/h4-6,9,12,15H,7-8H2,1-3H3. The van der Waals surface area contributed by atoms with E-state index in [0.29, 0.717) is 18.1 Å². The fraction of sp³-hybridized carbons (Fsp3) is 0.538. The Kier molecular flexibility index (Phi) is 5.85. The molecule has 0 aliphatic carbocycles. The Labute approximate surface area is 111 Å². The first-order valence-electron chi connectivity index (χ1n) is 6.10. The van der Waals surface area contributed by atoms with Gasteiger partial charge in [-0.1, -0.05) is 13.8 Å². The van der Waals surface area contributed by atoms with Gasteiger partial charge in [-0.25, -0.2) is 4.39 Å². The van der Waals surface area contributed by atoms with Crippen molar-refractivity contribution in [1.29, 1.82) is 0 Å². The summed E-state index contributed by atoms with van der Waals surface area (Å²) >= 11 is 0. The average molecular weight is 270 g/mol. The second-order valence-corrected chi connectivity index (χ2v) is 4.72. The summed E-state index contributed by atoms with van der Waals surface area (Å²) in [6.45, 7) is 4.79. The number of nitro groups is 1. The van der Waals surface area contributed by atoms with Crippen LogP contribution in [-0.2, 0) is 11.3 Å². The van der Waals surface area contributed by atoms with Crippen LogP contribution in [0.3, 0.4) is 0 Å². The molecule has 106 valence electrons. The first-order chi connectivity index (χ1) is 8.95. The van der Waals surface area contributed by atoms with Gasteiger partial charge in [0.1, 0.15) is 5.82 Å². The Bertz CT molecular complexity index is 438. The van der Waals surface area contributed by atoms with E-state index in [1.54, 1.807) is 7.11 Å². The van der Waals surface area contributed by atoms with E-state index < -0.39 is 10.7 Å². The lowest BCUT2D eigenvalue weighted by atomic mass is 10.0. The Balaban J connectivity index is 2.80. The Morgan fingerprint density at radius 2 is 2.16 bits per heavy atom. The molecular formula is C13H19FN2O3. The van der Waals surface area contributed by atoms with Gasteiger partial charge in [-0.05, 0) is 18.1 Å². The van der Waals surface area contributed by atoms with Gasteiger partial charge in [-0.3, -0.25) is 10.1 Å². The molecule has 0 aromatic heterocycles. The third-order valence-electron chi connectivity index (χ3n) is 2.94. The summed E-state index contributed by atoms with van der Waals surface area (Å²) in [6, 6.07) is 3.53. The monoisotopic (exact) mass is 270 g/mol. The summed E-state index contributed by atoms with van der Waals surface area (Å²) in [4.78, 5) is 10.4. The summed E-state index contributed by atoms with van der Waals surface area (Å²) in [6.07, 6.45) is 0. The van der Waals surface area contributed by atoms with E-state index in [0.717, 1.165) is 6.07 Å². The Hall–Kier alpha value is -1.53. The zero-order valence-electron chi connectivity index (χ0n) is 11.4. The molecule has 1 rings (SSSR count). The molecule has 0 saturated carbocycles. The van der Waals surface area contributed by atoms with Gasteiger partial charge in [-0.2, -0.15) is 0 Å². The van der Waals surface area contributed by atoms with Gasteiger partial charge in [0.05, 0.1) is 11.5 Å². The van der Waals surface area contributed by atoms with Crippen LogP contribution in [0.5, 0.6) is 0 Å². The van der Waals surface area contributed by atoms with Crippen molar-refractivity contribution in [2.24, 2.45) is 5.92 Å². The Morgan fingerprint density at radius 3 is 2.68 bits per heavy atom. The van der Waals surface area contributed by atoms with Gasteiger partial charge in [0, 0.05) is 31.3 Å². The van der Waals surface area contributed by atoms with Crippen LogP contribution in [0.2, 0.25) is 0 Å². The molecule has 0 saturated heterocycles. The number of rotatable bonds is 7. The fourth-order valence-corrected chi connectivity index (χ4v) is 1.78. The minimum Gasteiger partial charge on any atom is -0.383 e. The van der Waals surface area contributed by atoms with E-state index in [4.69, 9.17) is 4.74 Å². The second kappa shape index (κ2) is 7.16. The number of hydrogen-bond donors (Lipinski definition) is 1. The minimum absolute atomic E-state index is 0.0628. The molecule has 1 aromatic rings. The van der Waals surface area contributed by atoms with Crippen LogP contribution in [0, 0.1) is 21.8 Å². The molecule has 0 amide bonds. The normalized spacial score (nSPS) is 12.7. The first-order valence-corrected chi connectivity index (χ1v) is 6.10. The van der Waals surface area contributed by atoms with E-state index in [2.05, 4.69) is 5.32 Å². The number of nitrogens with zero attached hydrogens (tertiary/aromatic N) is 1. The molecule has 1 aromatic carbocycles. The predicted molar refractivity (Wildman–Crippen MR) is 70.4 cm³/mol. The maximum absolute atomic E-state index is 13.2. The van der Waals surface area contributed by atoms with Crippen molar-refractivity contribution in [3.63, 3.8) is 0 Å². The van der Waals surface area contributed by atoms with Crippen LogP contribution in [-0.4, -0.2) is 24.7 Å². The number of benzene rings is 1. The van der Waals surface area contributed by atoms with E-state index in [1.807, 2.05) is 13.8 Å². The van der Waals surface area contributed by atoms with E-state index in [-0.39, 0.29) is 18.3 Å². The smallest absolute Gasteiger partial charge is 0.274 e. The highest BCUT2D eigenvalue weighted by molar-refractivity contribution is 5.40. The SMILES string of the molecule is COCC(NCc1cc(F)ccc1[N+](=O)[O-])C(C)C. The van der Waals surface area contributed by atoms with Gasteiger partial charge in [0.2, 0.25) is 0 Å². The molecule has 1 N–H and O–H groups in total. The molecular weight excluding hydrogens is 251 g/mol. The van der Waals surface area contributed by atoms with Crippen molar-refractivity contribution in [2.45, 2.75) is 26.4 Å². The van der Waals surface area contributed by atoms with Crippen molar-refractivity contribution in [1.82, 2.24) is 5.32 Å². The molecule has 0 aliphatic rings. The third-order valence-corrected chi connectivity index (χ3v) is 2.94. The molecule has 19 heavy (non-hydrogen) atoms. The molecule has 1 unspecified atom stereocenters. The summed E-state index contributed by atoms with van der Waals surface area (Å²) in [5.74, 6) is -0.164. The lowest BCUT2D eigenvalue weighted by Gasteiger charge is -2.21. The molecule has 0 aliphatic heterocycles. The number of nitrogens with one attached hydrogen (secondary N) is 1. The second-order valence-electron chi connectivity index (χ2n) is 4.72. The number of nitro benzene ring substituents is 1. The van der Waals surface area contributed by atoms with Crippen LogP contribution >= 0.6 is 0 Å². The maximum atomic E-state index is 13.2. The molecule has 0 bridgehead atoms. The molecule has 0 spiro atoms. The van der Waals surface area contributed by atoms with Gasteiger partial charge >= 0.3 is 0 Å². The highest BCUT2D eigenvalue weighted by atomic mass is 19.1. The van der Waals surface area contributed by atoms with Gasteiger partial charge in [0.25, 0.3) is 5.69 Å². The third kappa shape index (κ3) is 4.57. The number of halogens is 1. The van der Waals surface area contributed by atoms with Crippen molar-refractivity contribution < 1.29 is 14.1 Å². The summed E-state index contributed by atoms with van der Waals surface area (Å²) < 4.78 is 18.3. The number of methoxy groups -OCH3 is 1. The van der Waals surface area contributed by atoms with Crippen molar-refractivity contribution in [3.8, 4) is 0 Å². The predicted octanol–water partition coefficient (Wildman–Crippen LogP) is 2.49. The van der Waals surface area contributed by atoms with Gasteiger partial charge in [-0.15, -0.1) is 0 Å². The topological polar surface area (TPSA) is 64.4 Å². The number of hydrogen-bond acceptors (Lipinski definition) is 4. The Morgan fingerprint density at radius 1 is 1.47 bits per heavy atom. The molecule has 1 atom stereocenters. The molecule has 0 radical (unpaired) electrons. The molecule has 0 fully saturated rings. The van der Waals surface area contributed by atoms with E-state index in [9.17, 15) is 14.5 Å². The highest BCUT2D eigenvalue weighted by Gasteiger charge is 2.17. The van der Waals surface area contributed by atoms with Crippen molar-refractivity contribution in [2.75, 3.05) is 13.7 Å². The number of ether oxygens (including phenoxy) is 1. The average Bonchev–Trinajstić information content (AvgIpc) is 2.33. The van der Waals surface area contributed by atoms with Crippen molar-refractivity contribution in [3.05, 3.63) is 39.7 Å². The quantitative estimate of drug-likeness (QED) is 0.610. The summed E-state index contributed by atoms with van der Waals surface area (Å²) in [5.41, 5.74) is 0.264. The largest absolute Gasteiger partial charge is 0.383 e. The first kappa shape index (κ1) is 15.5. The lowest BCUT2D eigenvalue weighted by Crippen LogP contribution is -2.37. The van der Waals surface area contributed by atoms with Crippen LogP contribution < -0.4 is 5.32 Å². The zero-order chi connectivity index (χ0) is 14.4. The highest BCUT2D eigenvalue weighted by Crippen LogP contribution is 2.19. The summed E-state index contributed by atoms with van der Waals surface area (Å²) in [5, 5.41) is 14.0. The molecule has 5 nitrogen and oxygen atoms in total. The fourth-order valence-electron chi connectivity index (χ4n) is 1.78. The molecule has 0 heterocycles. The van der Waals surface area contributed by atoms with Gasteiger partial charge < -0.3 is 10.1 Å². The van der Waals surface area contributed by atoms with Gasteiger partial charge in [0.15, 0.2) is 0 Å². The molecule has 6 heteroatoms. The minimum atomic E-state index is -0.503. The van der Waals surface area contributed by atoms with Crippen LogP contribution in [0.1, 0.15) is 19.4 Å². The maximum Gasteiger partial charge on any atom is 0.274 e. The van der Waals surface area contributed by atoms with Crippen LogP contribution in [0.4, 0.5) is 10.1 Å². The van der Waals surface area contributed by atoms with E-state index >= 15 is 0 Å². The van der Waals surface area contributed by atoms with E-state index in [1.165, 1.54) is 12.1 Å². The van der Waals surface area contributed by atoms with Crippen LogP contribution in [0.15, 0.2) is 18.2 Å². The van der Waals surface area contributed by atoms with Crippen LogP contribution in [0.25, 0.3) is 0 Å². The zero-order valence-corrected chi connectivity index (χ0v) is 11.4.